The number of urea groups is 1. The van der Waals surface area contributed by atoms with E-state index in [9.17, 15) is 4.79 Å². The van der Waals surface area contributed by atoms with Crippen LogP contribution in [-0.4, -0.2) is 43.4 Å². The Morgan fingerprint density at radius 1 is 1.82 bits per heavy atom. The van der Waals surface area contributed by atoms with E-state index in [4.69, 9.17) is 5.73 Å². The van der Waals surface area contributed by atoms with Gasteiger partial charge in [-0.1, -0.05) is 0 Å². The highest BCUT2D eigenvalue weighted by molar-refractivity contribution is 5.71. The Labute approximate surface area is 65.3 Å². The second-order valence-corrected chi connectivity index (χ2v) is 2.35. The Balaban J connectivity index is 2.03. The SMILES string of the molecule is NC(=O)NCCN1C=NCC1. The minimum atomic E-state index is -0.471. The van der Waals surface area contributed by atoms with Gasteiger partial charge >= 0.3 is 6.03 Å². The van der Waals surface area contributed by atoms with Crippen LogP contribution in [0.5, 0.6) is 0 Å². The van der Waals surface area contributed by atoms with E-state index in [0.717, 1.165) is 19.6 Å². The molecule has 0 aromatic carbocycles. The van der Waals surface area contributed by atoms with Gasteiger partial charge in [-0.25, -0.2) is 4.79 Å². The lowest BCUT2D eigenvalue weighted by Gasteiger charge is -2.12. The Hall–Kier alpha value is -1.26. The lowest BCUT2D eigenvalue weighted by atomic mass is 10.5. The summed E-state index contributed by atoms with van der Waals surface area (Å²) in [7, 11) is 0. The van der Waals surface area contributed by atoms with Crippen LogP contribution in [0.25, 0.3) is 0 Å². The summed E-state index contributed by atoms with van der Waals surface area (Å²) in [5, 5.41) is 2.51. The van der Waals surface area contributed by atoms with Crippen LogP contribution in [0.4, 0.5) is 4.79 Å². The fourth-order valence-electron chi connectivity index (χ4n) is 0.909. The molecule has 0 aliphatic carbocycles. The quantitative estimate of drug-likeness (QED) is 0.550. The van der Waals surface area contributed by atoms with E-state index >= 15 is 0 Å². The summed E-state index contributed by atoms with van der Waals surface area (Å²) in [6, 6.07) is -0.471. The highest BCUT2D eigenvalue weighted by atomic mass is 16.2. The number of carbonyl (C=O) groups excluding carboxylic acids is 1. The van der Waals surface area contributed by atoms with Crippen LogP contribution in [0.15, 0.2) is 4.99 Å². The number of aliphatic imine (C=N–C) groups is 1. The molecule has 1 aliphatic rings. The second kappa shape index (κ2) is 3.80. The molecule has 0 spiro atoms. The van der Waals surface area contributed by atoms with Gasteiger partial charge in [-0.05, 0) is 0 Å². The number of carbonyl (C=O) groups is 1. The first kappa shape index (κ1) is 7.84. The zero-order valence-electron chi connectivity index (χ0n) is 6.29. The standard InChI is InChI=1S/C6H12N4O/c7-6(11)9-2-4-10-3-1-8-5-10/h5H,1-4H2,(H3,7,9,11). The third-order valence-electron chi connectivity index (χ3n) is 1.46. The van der Waals surface area contributed by atoms with Gasteiger partial charge in [-0.2, -0.15) is 0 Å². The molecule has 0 radical (unpaired) electrons. The maximum absolute atomic E-state index is 10.2. The molecule has 5 nitrogen and oxygen atoms in total. The molecule has 62 valence electrons. The first-order valence-corrected chi connectivity index (χ1v) is 3.56. The summed E-state index contributed by atoms with van der Waals surface area (Å²) in [5.74, 6) is 0. The third-order valence-corrected chi connectivity index (χ3v) is 1.46. The number of hydrogen-bond donors (Lipinski definition) is 2. The van der Waals surface area contributed by atoms with Crippen molar-refractivity contribution < 1.29 is 4.79 Å². The maximum atomic E-state index is 10.2. The van der Waals surface area contributed by atoms with E-state index in [-0.39, 0.29) is 0 Å². The Kier molecular flexibility index (Phi) is 2.71. The summed E-state index contributed by atoms with van der Waals surface area (Å²) in [4.78, 5) is 16.3. The van der Waals surface area contributed by atoms with Gasteiger partial charge in [0.1, 0.15) is 0 Å². The molecule has 0 fully saturated rings. The van der Waals surface area contributed by atoms with Gasteiger partial charge in [0.2, 0.25) is 0 Å². The molecule has 1 heterocycles. The van der Waals surface area contributed by atoms with E-state index in [0.29, 0.717) is 6.54 Å². The smallest absolute Gasteiger partial charge is 0.312 e. The molecule has 1 rings (SSSR count). The summed E-state index contributed by atoms with van der Waals surface area (Å²) in [6.45, 7) is 3.17. The van der Waals surface area contributed by atoms with E-state index in [2.05, 4.69) is 10.3 Å². The highest BCUT2D eigenvalue weighted by Crippen LogP contribution is 1.90. The van der Waals surface area contributed by atoms with Gasteiger partial charge in [0.15, 0.2) is 0 Å². The molecule has 3 N–H and O–H groups in total. The molecule has 1 aliphatic heterocycles. The summed E-state index contributed by atoms with van der Waals surface area (Å²) >= 11 is 0. The molecular weight excluding hydrogens is 144 g/mol. The predicted molar refractivity (Wildman–Crippen MR) is 42.5 cm³/mol. The average Bonchev–Trinajstić information content (AvgIpc) is 2.39. The number of primary amides is 1. The van der Waals surface area contributed by atoms with E-state index in [1.807, 2.05) is 4.90 Å². The van der Waals surface area contributed by atoms with Gasteiger partial charge in [-0.3, -0.25) is 4.99 Å². The van der Waals surface area contributed by atoms with Crippen LogP contribution in [0.3, 0.4) is 0 Å². The predicted octanol–water partition coefficient (Wildman–Crippen LogP) is -1.00. The fraction of sp³-hybridized carbons (Fsp3) is 0.667. The molecule has 0 aromatic rings. The molecule has 0 aromatic heterocycles. The number of nitrogens with two attached hydrogens (primary N) is 1. The van der Waals surface area contributed by atoms with Crippen LogP contribution in [0, 0.1) is 0 Å². The summed E-state index contributed by atoms with van der Waals surface area (Å²) < 4.78 is 0. The van der Waals surface area contributed by atoms with Crippen molar-refractivity contribution in [1.29, 1.82) is 0 Å². The topological polar surface area (TPSA) is 70.7 Å². The second-order valence-electron chi connectivity index (χ2n) is 2.35. The Morgan fingerprint density at radius 3 is 3.18 bits per heavy atom. The first-order valence-electron chi connectivity index (χ1n) is 3.56. The Bertz CT molecular complexity index is 168. The molecule has 5 heteroatoms. The summed E-state index contributed by atoms with van der Waals surface area (Å²) in [5.41, 5.74) is 4.87. The van der Waals surface area contributed by atoms with Crippen LogP contribution < -0.4 is 11.1 Å². The minimum absolute atomic E-state index is 0.471. The van der Waals surface area contributed by atoms with Crippen molar-refractivity contribution >= 4 is 12.4 Å². The van der Waals surface area contributed by atoms with Gasteiger partial charge < -0.3 is 16.0 Å². The number of amides is 2. The zero-order valence-corrected chi connectivity index (χ0v) is 6.29. The monoisotopic (exact) mass is 156 g/mol. The molecule has 0 saturated carbocycles. The Morgan fingerprint density at radius 2 is 2.64 bits per heavy atom. The van der Waals surface area contributed by atoms with Crippen molar-refractivity contribution in [3.63, 3.8) is 0 Å². The van der Waals surface area contributed by atoms with E-state index < -0.39 is 6.03 Å². The van der Waals surface area contributed by atoms with Crippen LogP contribution in [-0.2, 0) is 0 Å². The molecule has 11 heavy (non-hydrogen) atoms. The third kappa shape index (κ3) is 2.88. The molecule has 0 saturated heterocycles. The van der Waals surface area contributed by atoms with Crippen molar-refractivity contribution in [1.82, 2.24) is 10.2 Å². The minimum Gasteiger partial charge on any atom is -0.359 e. The van der Waals surface area contributed by atoms with Crippen LogP contribution in [0.2, 0.25) is 0 Å². The molecule has 0 unspecified atom stereocenters. The van der Waals surface area contributed by atoms with Crippen LogP contribution in [0.1, 0.15) is 0 Å². The van der Waals surface area contributed by atoms with Crippen molar-refractivity contribution in [2.75, 3.05) is 26.2 Å². The highest BCUT2D eigenvalue weighted by Gasteiger charge is 2.03. The molecule has 2 amide bonds. The lowest BCUT2D eigenvalue weighted by Crippen LogP contribution is -2.36. The van der Waals surface area contributed by atoms with Crippen molar-refractivity contribution in [3.05, 3.63) is 0 Å². The van der Waals surface area contributed by atoms with Crippen molar-refractivity contribution in [3.8, 4) is 0 Å². The van der Waals surface area contributed by atoms with Crippen molar-refractivity contribution in [2.45, 2.75) is 0 Å². The number of hydrogen-bond acceptors (Lipinski definition) is 3. The average molecular weight is 156 g/mol. The number of nitrogens with one attached hydrogen (secondary N) is 1. The molecular formula is C6H12N4O. The maximum Gasteiger partial charge on any atom is 0.312 e. The zero-order chi connectivity index (χ0) is 8.10. The van der Waals surface area contributed by atoms with Gasteiger partial charge in [0, 0.05) is 19.6 Å². The largest absolute Gasteiger partial charge is 0.359 e. The molecule has 0 bridgehead atoms. The van der Waals surface area contributed by atoms with E-state index in [1.165, 1.54) is 0 Å². The van der Waals surface area contributed by atoms with E-state index in [1.54, 1.807) is 6.34 Å². The van der Waals surface area contributed by atoms with Gasteiger partial charge in [0.25, 0.3) is 0 Å². The van der Waals surface area contributed by atoms with Crippen LogP contribution >= 0.6 is 0 Å². The van der Waals surface area contributed by atoms with Crippen molar-refractivity contribution in [2.24, 2.45) is 10.7 Å². The van der Waals surface area contributed by atoms with Gasteiger partial charge in [0.05, 0.1) is 12.9 Å². The number of rotatable bonds is 3. The fourth-order valence-corrected chi connectivity index (χ4v) is 0.909. The molecule has 0 atom stereocenters. The number of nitrogens with zero attached hydrogens (tertiary/aromatic N) is 2. The first-order chi connectivity index (χ1) is 5.29. The summed E-state index contributed by atoms with van der Waals surface area (Å²) in [6.07, 6.45) is 1.79. The normalized spacial score (nSPS) is 15.5. The van der Waals surface area contributed by atoms with Gasteiger partial charge in [-0.15, -0.1) is 0 Å². The lowest BCUT2D eigenvalue weighted by molar-refractivity contribution is 0.248.